The first-order chi connectivity index (χ1) is 11.2. The summed E-state index contributed by atoms with van der Waals surface area (Å²) in [6.45, 7) is 2.05. The SMILES string of the molecule is Cc1ccc(-c2nc3c4c5c(sc4[nH]c(=O)n3n2)CCC5)cc1. The lowest BCUT2D eigenvalue weighted by Crippen LogP contribution is -2.17. The van der Waals surface area contributed by atoms with E-state index in [4.69, 9.17) is 0 Å². The first-order valence-corrected chi connectivity index (χ1v) is 8.53. The minimum atomic E-state index is -0.224. The second-order valence-electron chi connectivity index (χ2n) is 6.03. The number of rotatable bonds is 1. The van der Waals surface area contributed by atoms with Crippen molar-refractivity contribution in [2.75, 3.05) is 0 Å². The fourth-order valence-electron chi connectivity index (χ4n) is 3.32. The van der Waals surface area contributed by atoms with Gasteiger partial charge < -0.3 is 0 Å². The Hall–Kier alpha value is -2.47. The lowest BCUT2D eigenvalue weighted by Gasteiger charge is -1.95. The number of thiophene rings is 1. The third-order valence-electron chi connectivity index (χ3n) is 4.47. The molecule has 4 aromatic rings. The number of hydrogen-bond acceptors (Lipinski definition) is 4. The molecule has 0 unspecified atom stereocenters. The van der Waals surface area contributed by atoms with Crippen molar-refractivity contribution in [2.24, 2.45) is 0 Å². The van der Waals surface area contributed by atoms with Crippen LogP contribution in [0.25, 0.3) is 27.3 Å². The number of hydrogen-bond donors (Lipinski definition) is 1. The van der Waals surface area contributed by atoms with Gasteiger partial charge in [0.25, 0.3) is 0 Å². The average Bonchev–Trinajstić information content (AvgIpc) is 3.21. The summed E-state index contributed by atoms with van der Waals surface area (Å²) in [6.07, 6.45) is 3.34. The third-order valence-corrected chi connectivity index (χ3v) is 5.68. The Balaban J connectivity index is 1.85. The van der Waals surface area contributed by atoms with Crippen LogP contribution in [-0.4, -0.2) is 19.6 Å². The molecule has 5 nitrogen and oxygen atoms in total. The van der Waals surface area contributed by atoms with Crippen LogP contribution >= 0.6 is 11.3 Å². The highest BCUT2D eigenvalue weighted by Gasteiger charge is 2.22. The molecule has 0 aliphatic heterocycles. The summed E-state index contributed by atoms with van der Waals surface area (Å²) >= 11 is 1.69. The van der Waals surface area contributed by atoms with Crippen molar-refractivity contribution in [1.82, 2.24) is 19.6 Å². The van der Waals surface area contributed by atoms with Gasteiger partial charge in [-0.15, -0.1) is 16.4 Å². The molecule has 1 N–H and O–H groups in total. The fourth-order valence-corrected chi connectivity index (χ4v) is 4.59. The van der Waals surface area contributed by atoms with E-state index in [1.165, 1.54) is 26.9 Å². The van der Waals surface area contributed by atoms with Crippen molar-refractivity contribution in [3.63, 3.8) is 0 Å². The lowest BCUT2D eigenvalue weighted by molar-refractivity contribution is 0.884. The molecule has 3 aromatic heterocycles. The van der Waals surface area contributed by atoms with Gasteiger partial charge in [-0.3, -0.25) is 4.98 Å². The Morgan fingerprint density at radius 1 is 1.22 bits per heavy atom. The van der Waals surface area contributed by atoms with Gasteiger partial charge in [0.15, 0.2) is 11.5 Å². The standard InChI is InChI=1S/C17H14N4OS/c1-9-5-7-10(8-6-9)14-18-15-13-11-3-2-4-12(11)23-16(13)19-17(22)21(15)20-14/h5-8H,2-4H2,1H3,(H,19,22). The molecule has 1 aliphatic carbocycles. The fraction of sp³-hybridized carbons (Fsp3) is 0.235. The second kappa shape index (κ2) is 4.52. The molecule has 0 spiro atoms. The van der Waals surface area contributed by atoms with Gasteiger partial charge in [-0.25, -0.2) is 9.78 Å². The molecule has 0 saturated carbocycles. The maximum absolute atomic E-state index is 12.3. The summed E-state index contributed by atoms with van der Waals surface area (Å²) in [5.74, 6) is 0.598. The van der Waals surface area contributed by atoms with Crippen LogP contribution in [0.4, 0.5) is 0 Å². The number of nitrogens with zero attached hydrogens (tertiary/aromatic N) is 3. The van der Waals surface area contributed by atoms with Crippen LogP contribution in [0.3, 0.4) is 0 Å². The Bertz CT molecular complexity index is 1120. The Labute approximate surface area is 135 Å². The minimum Gasteiger partial charge on any atom is -0.297 e. The normalized spacial score (nSPS) is 14.0. The van der Waals surface area contributed by atoms with Gasteiger partial charge in [0.1, 0.15) is 4.83 Å². The van der Waals surface area contributed by atoms with E-state index in [9.17, 15) is 4.79 Å². The molecular formula is C17H14N4OS. The lowest BCUT2D eigenvalue weighted by atomic mass is 10.1. The quantitative estimate of drug-likeness (QED) is 0.586. The van der Waals surface area contributed by atoms with Crippen molar-refractivity contribution < 1.29 is 0 Å². The first kappa shape index (κ1) is 13.0. The number of aromatic nitrogens is 4. The maximum atomic E-state index is 12.3. The van der Waals surface area contributed by atoms with Crippen LogP contribution in [0.1, 0.15) is 22.4 Å². The van der Waals surface area contributed by atoms with E-state index < -0.39 is 0 Å². The third kappa shape index (κ3) is 1.81. The Kier molecular flexibility index (Phi) is 2.56. The van der Waals surface area contributed by atoms with E-state index in [0.29, 0.717) is 11.5 Å². The molecule has 0 fully saturated rings. The van der Waals surface area contributed by atoms with E-state index in [1.807, 2.05) is 31.2 Å². The number of aromatic amines is 1. The highest BCUT2D eigenvalue weighted by atomic mass is 32.1. The van der Waals surface area contributed by atoms with Crippen LogP contribution in [0.15, 0.2) is 29.1 Å². The molecule has 0 radical (unpaired) electrons. The van der Waals surface area contributed by atoms with Crippen LogP contribution in [0, 0.1) is 6.92 Å². The van der Waals surface area contributed by atoms with Gasteiger partial charge in [0.2, 0.25) is 0 Å². The second-order valence-corrected chi connectivity index (χ2v) is 7.13. The molecular weight excluding hydrogens is 308 g/mol. The van der Waals surface area contributed by atoms with Crippen LogP contribution < -0.4 is 5.69 Å². The summed E-state index contributed by atoms with van der Waals surface area (Å²) in [5.41, 5.74) is 3.92. The van der Waals surface area contributed by atoms with Gasteiger partial charge in [-0.05, 0) is 31.7 Å². The van der Waals surface area contributed by atoms with Crippen molar-refractivity contribution in [2.45, 2.75) is 26.2 Å². The predicted molar refractivity (Wildman–Crippen MR) is 91.2 cm³/mol. The van der Waals surface area contributed by atoms with Gasteiger partial charge in [0.05, 0.1) is 5.39 Å². The number of benzene rings is 1. The van der Waals surface area contributed by atoms with Crippen molar-refractivity contribution in [1.29, 1.82) is 0 Å². The molecule has 3 heterocycles. The van der Waals surface area contributed by atoms with E-state index in [-0.39, 0.29) is 5.69 Å². The Morgan fingerprint density at radius 3 is 2.87 bits per heavy atom. The summed E-state index contributed by atoms with van der Waals surface area (Å²) in [6, 6.07) is 8.05. The van der Waals surface area contributed by atoms with Crippen molar-refractivity contribution in [3.8, 4) is 11.4 Å². The predicted octanol–water partition coefficient (Wildman–Crippen LogP) is 3.10. The van der Waals surface area contributed by atoms with Crippen LogP contribution in [-0.2, 0) is 12.8 Å². The van der Waals surface area contributed by atoms with Gasteiger partial charge in [-0.1, -0.05) is 29.8 Å². The molecule has 23 heavy (non-hydrogen) atoms. The van der Waals surface area contributed by atoms with Crippen molar-refractivity contribution in [3.05, 3.63) is 50.8 Å². The molecule has 0 atom stereocenters. The summed E-state index contributed by atoms with van der Waals surface area (Å²) < 4.78 is 1.41. The van der Waals surface area contributed by atoms with Gasteiger partial charge >= 0.3 is 5.69 Å². The molecule has 5 rings (SSSR count). The molecule has 0 amide bonds. The number of nitrogens with one attached hydrogen (secondary N) is 1. The number of aryl methyl sites for hydroxylation is 3. The minimum absolute atomic E-state index is 0.224. The van der Waals surface area contributed by atoms with E-state index in [0.717, 1.165) is 28.6 Å². The van der Waals surface area contributed by atoms with E-state index in [1.54, 1.807) is 11.3 Å². The maximum Gasteiger partial charge on any atom is 0.349 e. The van der Waals surface area contributed by atoms with Gasteiger partial charge in [0, 0.05) is 10.4 Å². The first-order valence-electron chi connectivity index (χ1n) is 7.71. The van der Waals surface area contributed by atoms with Crippen LogP contribution in [0.2, 0.25) is 0 Å². The molecule has 114 valence electrons. The molecule has 6 heteroatoms. The van der Waals surface area contributed by atoms with Crippen LogP contribution in [0.5, 0.6) is 0 Å². The smallest absolute Gasteiger partial charge is 0.297 e. The topological polar surface area (TPSA) is 63.0 Å². The number of fused-ring (bicyclic) bond motifs is 5. The van der Waals surface area contributed by atoms with E-state index >= 15 is 0 Å². The largest absolute Gasteiger partial charge is 0.349 e. The summed E-state index contributed by atoms with van der Waals surface area (Å²) in [4.78, 5) is 22.3. The highest BCUT2D eigenvalue weighted by molar-refractivity contribution is 7.19. The summed E-state index contributed by atoms with van der Waals surface area (Å²) in [5, 5.41) is 5.51. The highest BCUT2D eigenvalue weighted by Crippen LogP contribution is 2.37. The molecule has 1 aromatic carbocycles. The Morgan fingerprint density at radius 2 is 2.04 bits per heavy atom. The molecule has 0 bridgehead atoms. The van der Waals surface area contributed by atoms with E-state index in [2.05, 4.69) is 15.1 Å². The molecule has 1 aliphatic rings. The van der Waals surface area contributed by atoms with Gasteiger partial charge in [-0.2, -0.15) is 4.52 Å². The number of H-pyrrole nitrogens is 1. The zero-order chi connectivity index (χ0) is 15.6. The molecule has 0 saturated heterocycles. The zero-order valence-corrected chi connectivity index (χ0v) is 13.4. The monoisotopic (exact) mass is 322 g/mol. The summed E-state index contributed by atoms with van der Waals surface area (Å²) in [7, 11) is 0. The average molecular weight is 322 g/mol. The zero-order valence-electron chi connectivity index (χ0n) is 12.6. The van der Waals surface area contributed by atoms with Crippen molar-refractivity contribution >= 4 is 27.2 Å².